The molecule has 0 aliphatic heterocycles. The summed E-state index contributed by atoms with van der Waals surface area (Å²) in [5, 5.41) is 1.12. The summed E-state index contributed by atoms with van der Waals surface area (Å²) in [4.78, 5) is 0. The first-order valence-corrected chi connectivity index (χ1v) is 9.48. The number of nitrogens with zero attached hydrogens (tertiary/aromatic N) is 2. The van der Waals surface area contributed by atoms with Crippen LogP contribution in [0.25, 0.3) is 22.0 Å². The third kappa shape index (κ3) is 3.40. The first-order valence-electron chi connectivity index (χ1n) is 9.48. The predicted molar refractivity (Wildman–Crippen MR) is 112 cm³/mol. The number of para-hydroxylation sites is 3. The molecule has 29 heavy (non-hydrogen) atoms. The Morgan fingerprint density at radius 3 is 2.45 bits per heavy atom. The fourth-order valence-electron chi connectivity index (χ4n) is 3.92. The number of fused-ring (bicyclic) bond motifs is 2. The molecule has 0 N–H and O–H groups in total. The number of hydrogen-bond donors (Lipinski definition) is 0. The van der Waals surface area contributed by atoms with Crippen LogP contribution < -0.4 is 21.5 Å². The van der Waals surface area contributed by atoms with Gasteiger partial charge in [0.25, 0.3) is 0 Å². The van der Waals surface area contributed by atoms with Crippen molar-refractivity contribution in [3.05, 3.63) is 115 Å². The minimum Gasteiger partial charge on any atom is -1.00 e. The molecule has 1 unspecified atom stereocenters. The van der Waals surface area contributed by atoms with E-state index in [1.54, 1.807) is 0 Å². The molecule has 0 radical (unpaired) electrons. The number of furan rings is 1. The number of imidazole rings is 1. The average Bonchev–Trinajstić information content (AvgIpc) is 3.32. The Bertz CT molecular complexity index is 1240. The normalized spacial score (nSPS) is 12.0. The fourth-order valence-corrected chi connectivity index (χ4v) is 3.92. The molecule has 0 fully saturated rings. The maximum absolute atomic E-state index is 6.31. The number of hydrogen-bond acceptors (Lipinski definition) is 1. The molecule has 3 aromatic carbocycles. The van der Waals surface area contributed by atoms with Crippen LogP contribution in [0.5, 0.6) is 0 Å². The summed E-state index contributed by atoms with van der Waals surface area (Å²) < 4.78 is 10.8. The number of allylic oxidation sites excluding steroid dienone is 1. The topological polar surface area (TPSA) is 21.9 Å². The van der Waals surface area contributed by atoms with Crippen molar-refractivity contribution in [2.24, 2.45) is 0 Å². The van der Waals surface area contributed by atoms with Crippen LogP contribution in [-0.2, 0) is 6.54 Å². The maximum Gasteiger partial charge on any atom is 0.245 e. The first-order chi connectivity index (χ1) is 13.8. The minimum absolute atomic E-state index is 0. The van der Waals surface area contributed by atoms with E-state index in [1.807, 2.05) is 30.3 Å². The SMILES string of the molecule is C=CC[n+]1cn(C(c2ccccc2)c2cc3ccccc3o2)c2ccccc21.[Br-]. The quantitative estimate of drug-likeness (QED) is 0.301. The van der Waals surface area contributed by atoms with Crippen LogP contribution >= 0.6 is 0 Å². The molecular formula is C25H21BrN2O. The van der Waals surface area contributed by atoms with E-state index in [9.17, 15) is 0 Å². The van der Waals surface area contributed by atoms with E-state index < -0.39 is 0 Å². The van der Waals surface area contributed by atoms with Crippen molar-refractivity contribution in [2.45, 2.75) is 12.6 Å². The highest BCUT2D eigenvalue weighted by atomic mass is 79.9. The largest absolute Gasteiger partial charge is 1.00 e. The summed E-state index contributed by atoms with van der Waals surface area (Å²) in [5.41, 5.74) is 4.44. The third-order valence-corrected chi connectivity index (χ3v) is 5.17. The predicted octanol–water partition coefficient (Wildman–Crippen LogP) is 2.50. The molecule has 144 valence electrons. The van der Waals surface area contributed by atoms with Gasteiger partial charge in [-0.1, -0.05) is 73.3 Å². The van der Waals surface area contributed by atoms with Gasteiger partial charge in [-0.2, -0.15) is 0 Å². The monoisotopic (exact) mass is 444 g/mol. The second kappa shape index (κ2) is 8.10. The number of aromatic nitrogens is 2. The smallest absolute Gasteiger partial charge is 0.245 e. The van der Waals surface area contributed by atoms with Gasteiger partial charge in [0, 0.05) is 10.9 Å². The van der Waals surface area contributed by atoms with Gasteiger partial charge in [0.05, 0.1) is 0 Å². The molecular weight excluding hydrogens is 424 g/mol. The van der Waals surface area contributed by atoms with Crippen molar-refractivity contribution in [3.63, 3.8) is 0 Å². The standard InChI is InChI=1S/C25H21N2O.BrH/c1-2-16-26-18-27(22-14-8-7-13-21(22)26)25(19-10-4-3-5-11-19)24-17-20-12-6-9-15-23(20)28-24;/h2-15,17-18,25H,1,16H2;1H/q+1;/p-1. The Morgan fingerprint density at radius 2 is 1.66 bits per heavy atom. The summed E-state index contributed by atoms with van der Waals surface area (Å²) in [5.74, 6) is 0.930. The summed E-state index contributed by atoms with van der Waals surface area (Å²) in [6.07, 6.45) is 4.09. The van der Waals surface area contributed by atoms with Gasteiger partial charge >= 0.3 is 0 Å². The molecule has 0 aliphatic rings. The molecule has 0 bridgehead atoms. The molecule has 5 aromatic rings. The lowest BCUT2D eigenvalue weighted by molar-refractivity contribution is -0.661. The highest BCUT2D eigenvalue weighted by Crippen LogP contribution is 2.33. The van der Waals surface area contributed by atoms with E-state index >= 15 is 0 Å². The Morgan fingerprint density at radius 1 is 0.931 bits per heavy atom. The fraction of sp³-hybridized carbons (Fsp3) is 0.0800. The van der Waals surface area contributed by atoms with Gasteiger partial charge in [-0.05, 0) is 24.3 Å². The van der Waals surface area contributed by atoms with Crippen molar-refractivity contribution < 1.29 is 26.0 Å². The van der Waals surface area contributed by atoms with E-state index in [2.05, 4.69) is 82.7 Å². The molecule has 3 nitrogen and oxygen atoms in total. The Kier molecular flexibility index (Phi) is 5.36. The van der Waals surface area contributed by atoms with Crippen molar-refractivity contribution in [3.8, 4) is 0 Å². The van der Waals surface area contributed by atoms with Gasteiger partial charge in [0.1, 0.15) is 12.1 Å². The molecule has 0 spiro atoms. The molecule has 0 saturated carbocycles. The molecule has 0 saturated heterocycles. The van der Waals surface area contributed by atoms with Gasteiger partial charge < -0.3 is 21.4 Å². The van der Waals surface area contributed by atoms with Crippen LogP contribution in [0.2, 0.25) is 0 Å². The van der Waals surface area contributed by atoms with Crippen LogP contribution in [0, 0.1) is 0 Å². The van der Waals surface area contributed by atoms with E-state index in [0.29, 0.717) is 0 Å². The lowest BCUT2D eigenvalue weighted by Crippen LogP contribution is -3.00. The highest BCUT2D eigenvalue weighted by molar-refractivity contribution is 5.78. The molecule has 0 aliphatic carbocycles. The van der Waals surface area contributed by atoms with Crippen molar-refractivity contribution in [2.75, 3.05) is 0 Å². The summed E-state index contributed by atoms with van der Waals surface area (Å²) in [6, 6.07) is 29.2. The average molecular weight is 445 g/mol. The zero-order valence-electron chi connectivity index (χ0n) is 15.9. The Balaban J connectivity index is 0.00000205. The van der Waals surface area contributed by atoms with E-state index in [0.717, 1.165) is 23.3 Å². The molecule has 1 atom stereocenters. The van der Waals surface area contributed by atoms with Gasteiger partial charge in [-0.25, -0.2) is 9.13 Å². The molecule has 4 heteroatoms. The second-order valence-corrected chi connectivity index (χ2v) is 6.95. The van der Waals surface area contributed by atoms with E-state index in [-0.39, 0.29) is 23.0 Å². The Labute approximate surface area is 180 Å². The lowest BCUT2D eigenvalue weighted by Gasteiger charge is -2.12. The van der Waals surface area contributed by atoms with Crippen LogP contribution in [0.3, 0.4) is 0 Å². The third-order valence-electron chi connectivity index (χ3n) is 5.17. The highest BCUT2D eigenvalue weighted by Gasteiger charge is 2.28. The van der Waals surface area contributed by atoms with Crippen LogP contribution in [0.1, 0.15) is 17.4 Å². The van der Waals surface area contributed by atoms with Gasteiger partial charge in [0.2, 0.25) is 6.33 Å². The summed E-state index contributed by atoms with van der Waals surface area (Å²) >= 11 is 0. The Hall–Kier alpha value is -3.11. The first kappa shape index (κ1) is 19.2. The van der Waals surface area contributed by atoms with Crippen LogP contribution in [0.4, 0.5) is 0 Å². The molecule has 5 rings (SSSR count). The van der Waals surface area contributed by atoms with Crippen molar-refractivity contribution >= 4 is 22.0 Å². The van der Waals surface area contributed by atoms with E-state index in [4.69, 9.17) is 4.42 Å². The number of rotatable bonds is 5. The number of benzene rings is 3. The van der Waals surface area contributed by atoms with Crippen molar-refractivity contribution in [1.29, 1.82) is 0 Å². The van der Waals surface area contributed by atoms with Crippen molar-refractivity contribution in [1.82, 2.24) is 4.57 Å². The molecule has 0 amide bonds. The maximum atomic E-state index is 6.31. The van der Waals surface area contributed by atoms with Gasteiger partial charge in [-0.3, -0.25) is 0 Å². The minimum atomic E-state index is -0.0513. The lowest BCUT2D eigenvalue weighted by atomic mass is 10.0. The summed E-state index contributed by atoms with van der Waals surface area (Å²) in [6.45, 7) is 4.67. The zero-order chi connectivity index (χ0) is 18.9. The van der Waals surface area contributed by atoms with E-state index in [1.165, 1.54) is 16.6 Å². The number of halogens is 1. The van der Waals surface area contributed by atoms with Crippen LogP contribution in [0.15, 0.2) is 108 Å². The second-order valence-electron chi connectivity index (χ2n) is 6.95. The van der Waals surface area contributed by atoms with Gasteiger partial charge in [0.15, 0.2) is 22.8 Å². The van der Waals surface area contributed by atoms with Gasteiger partial charge in [-0.15, -0.1) is 0 Å². The van der Waals surface area contributed by atoms with Crippen LogP contribution in [-0.4, -0.2) is 4.57 Å². The zero-order valence-corrected chi connectivity index (χ0v) is 17.5. The molecule has 2 aromatic heterocycles. The molecule has 2 heterocycles. The summed E-state index contributed by atoms with van der Waals surface area (Å²) in [7, 11) is 0.